The molecule has 45 heavy (non-hydrogen) atoms. The number of para-hydroxylation sites is 1. The third kappa shape index (κ3) is 11.7. The maximum absolute atomic E-state index is 10.9. The summed E-state index contributed by atoms with van der Waals surface area (Å²) in [5, 5.41) is 10.9. The summed E-state index contributed by atoms with van der Waals surface area (Å²) in [4.78, 5) is 4.06. The molecule has 1 saturated heterocycles. The van der Waals surface area contributed by atoms with Gasteiger partial charge in [0.1, 0.15) is 0 Å². The number of nitrogens with zero attached hydrogens (tertiary/aromatic N) is 3. The van der Waals surface area contributed by atoms with Gasteiger partial charge in [0.05, 0.1) is 0 Å². The topological polar surface area (TPSA) is 28.8 Å². The minimum atomic E-state index is 0. The summed E-state index contributed by atoms with van der Waals surface area (Å²) in [6, 6.07) is 42.3. The van der Waals surface area contributed by atoms with Crippen LogP contribution in [0.4, 0.5) is 11.4 Å². The average Bonchev–Trinajstić information content (AvgIpc) is 3.39. The van der Waals surface area contributed by atoms with Gasteiger partial charge in [-0.3, -0.25) is 0 Å². The van der Waals surface area contributed by atoms with Crippen molar-refractivity contribution in [1.82, 2.24) is 0 Å². The standard InChI is InChI=1S/C20H24N3.3C7H7.Zr/c1-5-17-8-6-7-9-18(17)22-10-11-23(20(22)21)19-15(3)12-14(2)13-16(19)4;3*1-7-5-3-2-4-6-7;/h6-9,12-13H,5,10-11H2,1-4H3;3*2-6H,1H2;/q4*-1;+4. The molecule has 0 spiro atoms. The molecule has 228 valence electrons. The van der Waals surface area contributed by atoms with E-state index in [0.29, 0.717) is 5.96 Å². The van der Waals surface area contributed by atoms with Crippen LogP contribution in [-0.4, -0.2) is 19.0 Å². The first kappa shape index (κ1) is 37.1. The Labute approximate surface area is 291 Å². The van der Waals surface area contributed by atoms with Gasteiger partial charge in [0.2, 0.25) is 0 Å². The molecule has 0 bridgehead atoms. The zero-order valence-electron chi connectivity index (χ0n) is 27.2. The number of hydrogen-bond acceptors (Lipinski definition) is 0. The fourth-order valence-electron chi connectivity index (χ4n) is 5.09. The number of hydrogen-bond donors (Lipinski definition) is 0. The van der Waals surface area contributed by atoms with Crippen LogP contribution in [0.25, 0.3) is 5.41 Å². The van der Waals surface area contributed by atoms with E-state index in [1.165, 1.54) is 22.3 Å². The van der Waals surface area contributed by atoms with Crippen LogP contribution in [0.1, 0.15) is 45.9 Å². The minimum absolute atomic E-state index is 0. The van der Waals surface area contributed by atoms with Crippen LogP contribution in [0.5, 0.6) is 0 Å². The first-order valence-corrected chi connectivity index (χ1v) is 15.1. The van der Waals surface area contributed by atoms with E-state index in [4.69, 9.17) is 0 Å². The summed E-state index contributed by atoms with van der Waals surface area (Å²) < 4.78 is 0. The van der Waals surface area contributed by atoms with E-state index >= 15 is 0 Å². The van der Waals surface area contributed by atoms with Crippen molar-refractivity contribution in [2.45, 2.75) is 34.1 Å². The number of guanidine groups is 1. The first-order valence-electron chi connectivity index (χ1n) is 15.1. The molecule has 0 amide bonds. The van der Waals surface area contributed by atoms with Crippen molar-refractivity contribution in [2.24, 2.45) is 0 Å². The van der Waals surface area contributed by atoms with E-state index < -0.39 is 0 Å². The van der Waals surface area contributed by atoms with Gasteiger partial charge in [0.15, 0.2) is 0 Å². The molecule has 4 heteroatoms. The predicted molar refractivity (Wildman–Crippen MR) is 192 cm³/mol. The Kier molecular flexibility index (Phi) is 15.9. The van der Waals surface area contributed by atoms with E-state index in [9.17, 15) is 5.41 Å². The van der Waals surface area contributed by atoms with Crippen molar-refractivity contribution >= 4 is 17.3 Å². The van der Waals surface area contributed by atoms with Gasteiger partial charge >= 0.3 is 26.2 Å². The van der Waals surface area contributed by atoms with Crippen LogP contribution in [0.15, 0.2) is 127 Å². The van der Waals surface area contributed by atoms with E-state index in [1.54, 1.807) is 0 Å². The van der Waals surface area contributed by atoms with Crippen LogP contribution in [0.3, 0.4) is 0 Å². The molecule has 5 aromatic rings. The smallest absolute Gasteiger partial charge is 0.397 e. The molecule has 0 unspecified atom stereocenters. The Morgan fingerprint density at radius 1 is 0.578 bits per heavy atom. The molecular formula is C41H45N3Zr. The van der Waals surface area contributed by atoms with Gasteiger partial charge < -0.3 is 15.2 Å². The molecule has 1 heterocycles. The van der Waals surface area contributed by atoms with Crippen LogP contribution >= 0.6 is 0 Å². The molecule has 5 aromatic carbocycles. The zero-order chi connectivity index (χ0) is 31.9. The van der Waals surface area contributed by atoms with Crippen LogP contribution in [-0.2, 0) is 32.6 Å². The van der Waals surface area contributed by atoms with E-state index in [2.05, 4.69) is 78.8 Å². The molecule has 1 fully saturated rings. The molecule has 0 atom stereocenters. The molecule has 6 rings (SSSR count). The maximum atomic E-state index is 10.9. The van der Waals surface area contributed by atoms with Crippen LogP contribution < -0.4 is 9.80 Å². The third-order valence-electron chi connectivity index (χ3n) is 7.13. The van der Waals surface area contributed by atoms with Crippen molar-refractivity contribution in [3.8, 4) is 0 Å². The van der Waals surface area contributed by atoms with Crippen molar-refractivity contribution in [3.05, 3.63) is 193 Å². The molecule has 0 saturated carbocycles. The number of anilines is 2. The maximum Gasteiger partial charge on any atom is 4.00 e. The normalized spacial score (nSPS) is 11.5. The zero-order valence-corrected chi connectivity index (χ0v) is 29.7. The molecule has 0 N–H and O–H groups in total. The van der Waals surface area contributed by atoms with E-state index in [1.807, 2.05) is 107 Å². The monoisotopic (exact) mass is 669 g/mol. The Morgan fingerprint density at radius 3 is 1.33 bits per heavy atom. The third-order valence-corrected chi connectivity index (χ3v) is 7.13. The number of rotatable bonds is 3. The summed E-state index contributed by atoms with van der Waals surface area (Å²) in [6.07, 6.45) is 0.961. The predicted octanol–water partition coefficient (Wildman–Crippen LogP) is 10.0. The molecule has 3 nitrogen and oxygen atoms in total. The second-order valence-electron chi connectivity index (χ2n) is 10.8. The van der Waals surface area contributed by atoms with E-state index in [0.717, 1.165) is 47.6 Å². The van der Waals surface area contributed by atoms with Crippen molar-refractivity contribution in [2.75, 3.05) is 22.9 Å². The first-order chi connectivity index (χ1) is 21.2. The van der Waals surface area contributed by atoms with Crippen molar-refractivity contribution in [3.63, 3.8) is 0 Å². The van der Waals surface area contributed by atoms with Gasteiger partial charge in [-0.2, -0.15) is 73.9 Å². The summed E-state index contributed by atoms with van der Waals surface area (Å²) in [5.41, 5.74) is 10.4. The van der Waals surface area contributed by atoms with Gasteiger partial charge in [-0.05, 0) is 68.3 Å². The average molecular weight is 671 g/mol. The second-order valence-corrected chi connectivity index (χ2v) is 10.8. The van der Waals surface area contributed by atoms with Crippen LogP contribution in [0, 0.1) is 41.5 Å². The Bertz CT molecular complexity index is 1450. The number of benzene rings is 5. The van der Waals surface area contributed by atoms with Gasteiger partial charge in [-0.1, -0.05) is 67.1 Å². The molecule has 1 aliphatic rings. The molecule has 0 aromatic heterocycles. The SMILES string of the molecule is CCc1ccccc1N1CCN(c2c(C)cc(C)cc2C)C1=[N-].[CH2-]c1ccccc1.[CH2-]c1ccccc1.[CH2-]c1ccccc1.[Zr+4]. The van der Waals surface area contributed by atoms with Gasteiger partial charge in [0.25, 0.3) is 0 Å². The minimum Gasteiger partial charge on any atom is -0.397 e. The molecule has 0 radical (unpaired) electrons. The quantitative estimate of drug-likeness (QED) is 0.179. The van der Waals surface area contributed by atoms with E-state index in [-0.39, 0.29) is 26.2 Å². The summed E-state index contributed by atoms with van der Waals surface area (Å²) in [6.45, 7) is 21.3. The second kappa shape index (κ2) is 19.3. The molecular weight excluding hydrogens is 626 g/mol. The summed E-state index contributed by atoms with van der Waals surface area (Å²) in [5.74, 6) is 0.334. The number of aryl methyl sites for hydroxylation is 4. The van der Waals surface area contributed by atoms with Crippen molar-refractivity contribution in [1.29, 1.82) is 0 Å². The largest absolute Gasteiger partial charge is 4.00 e. The van der Waals surface area contributed by atoms with Gasteiger partial charge in [-0.25, -0.2) is 0 Å². The Balaban J connectivity index is 0.000000259. The molecule has 0 aliphatic carbocycles. The van der Waals surface area contributed by atoms with Crippen molar-refractivity contribution < 1.29 is 26.2 Å². The molecule has 1 aliphatic heterocycles. The summed E-state index contributed by atoms with van der Waals surface area (Å²) >= 11 is 0. The fourth-order valence-corrected chi connectivity index (χ4v) is 5.09. The van der Waals surface area contributed by atoms with Gasteiger partial charge in [-0.15, -0.1) is 36.4 Å². The Morgan fingerprint density at radius 2 is 0.956 bits per heavy atom. The van der Waals surface area contributed by atoms with Gasteiger partial charge in [0, 0.05) is 5.96 Å². The summed E-state index contributed by atoms with van der Waals surface area (Å²) in [7, 11) is 0. The fraction of sp³-hybridized carbons (Fsp3) is 0.171. The van der Waals surface area contributed by atoms with Crippen LogP contribution in [0.2, 0.25) is 0 Å². The Hall–Kier alpha value is -4.14.